The molecule has 1 aliphatic heterocycles. The monoisotopic (exact) mass is 302 g/mol. The molecule has 22 heavy (non-hydrogen) atoms. The summed E-state index contributed by atoms with van der Waals surface area (Å²) < 4.78 is 24.2. The van der Waals surface area contributed by atoms with E-state index < -0.39 is 5.82 Å². The van der Waals surface area contributed by atoms with Crippen LogP contribution in [0.4, 0.5) is 4.39 Å². The summed E-state index contributed by atoms with van der Waals surface area (Å²) in [7, 11) is 1.47. The molecule has 0 radical (unpaired) electrons. The molecule has 0 spiro atoms. The van der Waals surface area contributed by atoms with E-state index in [-0.39, 0.29) is 18.4 Å². The number of methoxy groups -OCH3 is 1. The van der Waals surface area contributed by atoms with Crippen LogP contribution in [0.15, 0.2) is 36.5 Å². The average molecular weight is 302 g/mol. The topological polar surface area (TPSA) is 60.5 Å². The van der Waals surface area contributed by atoms with Gasteiger partial charge >= 0.3 is 0 Å². The maximum atomic E-state index is 13.9. The van der Waals surface area contributed by atoms with Crippen molar-refractivity contribution in [3.05, 3.63) is 53.5 Å². The molecular formula is C16H15FN2O3. The minimum atomic E-state index is -0.459. The lowest BCUT2D eigenvalue weighted by Crippen LogP contribution is -2.30. The van der Waals surface area contributed by atoms with Crippen molar-refractivity contribution in [1.29, 1.82) is 0 Å². The number of rotatable bonds is 4. The van der Waals surface area contributed by atoms with E-state index in [0.29, 0.717) is 23.8 Å². The fourth-order valence-corrected chi connectivity index (χ4v) is 2.38. The zero-order valence-electron chi connectivity index (χ0n) is 12.0. The van der Waals surface area contributed by atoms with E-state index in [1.165, 1.54) is 13.2 Å². The zero-order valence-corrected chi connectivity index (χ0v) is 12.0. The SMILES string of the molecule is COc1ccc(CC(=O)NC2COc3ncccc32)c(F)c1. The highest BCUT2D eigenvalue weighted by Gasteiger charge is 2.26. The van der Waals surface area contributed by atoms with Gasteiger partial charge in [-0.15, -0.1) is 0 Å². The molecule has 1 atom stereocenters. The number of pyridine rings is 1. The Hall–Kier alpha value is -2.63. The van der Waals surface area contributed by atoms with Gasteiger partial charge in [0.15, 0.2) is 0 Å². The number of hydrogen-bond acceptors (Lipinski definition) is 4. The first-order valence-corrected chi connectivity index (χ1v) is 6.87. The van der Waals surface area contributed by atoms with Crippen LogP contribution in [0.5, 0.6) is 11.6 Å². The Morgan fingerprint density at radius 3 is 3.14 bits per heavy atom. The van der Waals surface area contributed by atoms with E-state index >= 15 is 0 Å². The lowest BCUT2D eigenvalue weighted by Gasteiger charge is -2.12. The van der Waals surface area contributed by atoms with Crippen LogP contribution in [0.25, 0.3) is 0 Å². The number of carbonyl (C=O) groups is 1. The molecule has 6 heteroatoms. The number of ether oxygens (including phenoxy) is 2. The van der Waals surface area contributed by atoms with Crippen molar-refractivity contribution < 1.29 is 18.7 Å². The third-order valence-corrected chi connectivity index (χ3v) is 3.51. The Kier molecular flexibility index (Phi) is 3.91. The molecule has 114 valence electrons. The van der Waals surface area contributed by atoms with Crippen LogP contribution in [0.2, 0.25) is 0 Å². The van der Waals surface area contributed by atoms with Crippen molar-refractivity contribution in [2.24, 2.45) is 0 Å². The van der Waals surface area contributed by atoms with Crippen molar-refractivity contribution in [2.45, 2.75) is 12.5 Å². The number of hydrogen-bond donors (Lipinski definition) is 1. The molecule has 1 aromatic heterocycles. The number of fused-ring (bicyclic) bond motifs is 1. The maximum Gasteiger partial charge on any atom is 0.225 e. The minimum Gasteiger partial charge on any atom is -0.497 e. The number of amides is 1. The molecule has 5 nitrogen and oxygen atoms in total. The predicted molar refractivity (Wildman–Crippen MR) is 77.3 cm³/mol. The number of aromatic nitrogens is 1. The van der Waals surface area contributed by atoms with Crippen LogP contribution in [-0.2, 0) is 11.2 Å². The average Bonchev–Trinajstić information content (AvgIpc) is 2.92. The fourth-order valence-electron chi connectivity index (χ4n) is 2.38. The predicted octanol–water partition coefficient (Wildman–Crippen LogP) is 2.02. The highest BCUT2D eigenvalue weighted by molar-refractivity contribution is 5.79. The maximum absolute atomic E-state index is 13.9. The second-order valence-corrected chi connectivity index (χ2v) is 4.96. The van der Waals surface area contributed by atoms with Gasteiger partial charge in [-0.3, -0.25) is 4.79 Å². The van der Waals surface area contributed by atoms with E-state index in [0.717, 1.165) is 5.56 Å². The summed E-state index contributed by atoms with van der Waals surface area (Å²) in [4.78, 5) is 16.2. The highest BCUT2D eigenvalue weighted by atomic mass is 19.1. The number of benzene rings is 1. The number of nitrogens with one attached hydrogen (secondary N) is 1. The summed E-state index contributed by atoms with van der Waals surface area (Å²) in [5.41, 5.74) is 1.16. The van der Waals surface area contributed by atoms with Crippen LogP contribution < -0.4 is 14.8 Å². The summed E-state index contributed by atoms with van der Waals surface area (Å²) in [5.74, 6) is 0.225. The standard InChI is InChI=1S/C16H15FN2O3/c1-21-11-5-4-10(13(17)8-11)7-15(20)19-14-9-22-16-12(14)3-2-6-18-16/h2-6,8,14H,7,9H2,1H3,(H,19,20). The van der Waals surface area contributed by atoms with Gasteiger partial charge in [-0.1, -0.05) is 6.07 Å². The molecule has 3 rings (SSSR count). The van der Waals surface area contributed by atoms with Crippen LogP contribution in [0, 0.1) is 5.82 Å². The van der Waals surface area contributed by atoms with Gasteiger partial charge in [-0.2, -0.15) is 0 Å². The summed E-state index contributed by atoms with van der Waals surface area (Å²) >= 11 is 0. The van der Waals surface area contributed by atoms with Crippen LogP contribution >= 0.6 is 0 Å². The Morgan fingerprint density at radius 1 is 1.50 bits per heavy atom. The minimum absolute atomic E-state index is 0.0398. The third kappa shape index (κ3) is 2.86. The van der Waals surface area contributed by atoms with Gasteiger partial charge in [-0.25, -0.2) is 9.37 Å². The molecule has 0 saturated carbocycles. The van der Waals surface area contributed by atoms with Crippen molar-refractivity contribution in [3.8, 4) is 11.6 Å². The van der Waals surface area contributed by atoms with Gasteiger partial charge in [0.2, 0.25) is 11.8 Å². The Morgan fingerprint density at radius 2 is 2.36 bits per heavy atom. The van der Waals surface area contributed by atoms with E-state index in [4.69, 9.17) is 9.47 Å². The van der Waals surface area contributed by atoms with Gasteiger partial charge in [0.25, 0.3) is 0 Å². The Balaban J connectivity index is 1.66. The largest absolute Gasteiger partial charge is 0.497 e. The Bertz CT molecular complexity index is 706. The van der Waals surface area contributed by atoms with Crippen LogP contribution in [-0.4, -0.2) is 24.6 Å². The lowest BCUT2D eigenvalue weighted by molar-refractivity contribution is -0.121. The number of nitrogens with zero attached hydrogens (tertiary/aromatic N) is 1. The molecule has 1 aromatic carbocycles. The first-order chi connectivity index (χ1) is 10.7. The van der Waals surface area contributed by atoms with Crippen LogP contribution in [0.1, 0.15) is 17.2 Å². The summed E-state index contributed by atoms with van der Waals surface area (Å²) in [6.45, 7) is 0.336. The number of carbonyl (C=O) groups excluding carboxylic acids is 1. The zero-order chi connectivity index (χ0) is 15.5. The molecule has 1 amide bonds. The summed E-state index contributed by atoms with van der Waals surface area (Å²) in [5, 5.41) is 2.84. The van der Waals surface area contributed by atoms with Crippen molar-refractivity contribution in [1.82, 2.24) is 10.3 Å². The summed E-state index contributed by atoms with van der Waals surface area (Å²) in [6, 6.07) is 7.83. The van der Waals surface area contributed by atoms with E-state index in [2.05, 4.69) is 10.3 Å². The second-order valence-electron chi connectivity index (χ2n) is 4.96. The molecule has 1 aliphatic rings. The quantitative estimate of drug-likeness (QED) is 0.938. The van der Waals surface area contributed by atoms with E-state index in [1.807, 2.05) is 6.07 Å². The summed E-state index contributed by atoms with van der Waals surface area (Å²) in [6.07, 6.45) is 1.59. The molecule has 2 heterocycles. The molecular weight excluding hydrogens is 287 g/mol. The van der Waals surface area contributed by atoms with Gasteiger partial charge in [0.05, 0.1) is 19.6 Å². The van der Waals surface area contributed by atoms with E-state index in [1.54, 1.807) is 24.4 Å². The van der Waals surface area contributed by atoms with Gasteiger partial charge in [0, 0.05) is 17.8 Å². The molecule has 1 unspecified atom stereocenters. The first kappa shape index (κ1) is 14.3. The lowest BCUT2D eigenvalue weighted by atomic mass is 10.1. The Labute approximate surface area is 127 Å². The van der Waals surface area contributed by atoms with Gasteiger partial charge in [-0.05, 0) is 23.8 Å². The molecule has 1 N–H and O–H groups in total. The first-order valence-electron chi connectivity index (χ1n) is 6.87. The molecule has 0 saturated heterocycles. The highest BCUT2D eigenvalue weighted by Crippen LogP contribution is 2.29. The molecule has 0 bridgehead atoms. The van der Waals surface area contributed by atoms with Crippen LogP contribution in [0.3, 0.4) is 0 Å². The third-order valence-electron chi connectivity index (χ3n) is 3.51. The van der Waals surface area contributed by atoms with Crippen molar-refractivity contribution in [3.63, 3.8) is 0 Å². The molecule has 0 fully saturated rings. The normalized spacial score (nSPS) is 15.8. The van der Waals surface area contributed by atoms with Gasteiger partial charge in [0.1, 0.15) is 18.2 Å². The molecule has 2 aromatic rings. The fraction of sp³-hybridized carbons (Fsp3) is 0.250. The smallest absolute Gasteiger partial charge is 0.225 e. The number of halogens is 1. The van der Waals surface area contributed by atoms with Crippen molar-refractivity contribution >= 4 is 5.91 Å². The second kappa shape index (κ2) is 6.01. The molecule has 0 aliphatic carbocycles. The van der Waals surface area contributed by atoms with Gasteiger partial charge < -0.3 is 14.8 Å². The van der Waals surface area contributed by atoms with Crippen molar-refractivity contribution in [2.75, 3.05) is 13.7 Å². The van der Waals surface area contributed by atoms with E-state index in [9.17, 15) is 9.18 Å².